The van der Waals surface area contributed by atoms with Crippen molar-refractivity contribution in [3.8, 4) is 11.8 Å². The summed E-state index contributed by atoms with van der Waals surface area (Å²) in [5.74, 6) is 6.05. The molecule has 20 heavy (non-hydrogen) atoms. The Kier molecular flexibility index (Phi) is 5.59. The first kappa shape index (κ1) is 16.5. The van der Waals surface area contributed by atoms with Gasteiger partial charge in [-0.05, 0) is 38.3 Å². The predicted octanol–water partition coefficient (Wildman–Crippen LogP) is 3.00. The zero-order valence-electron chi connectivity index (χ0n) is 13.0. The number of carbonyl (C=O) groups excluding carboxylic acids is 1. The molecular formula is C17H24O3. The highest BCUT2D eigenvalue weighted by atomic mass is 16.5. The average Bonchev–Trinajstić information content (AvgIpc) is 2.25. The summed E-state index contributed by atoms with van der Waals surface area (Å²) in [6.07, 6.45) is 2.97. The molecule has 1 rings (SSSR count). The Morgan fingerprint density at radius 1 is 1.50 bits per heavy atom. The first-order chi connectivity index (χ1) is 9.22. The van der Waals surface area contributed by atoms with Crippen molar-refractivity contribution in [2.24, 2.45) is 5.41 Å². The van der Waals surface area contributed by atoms with Crippen LogP contribution in [-0.4, -0.2) is 23.8 Å². The van der Waals surface area contributed by atoms with Crippen LogP contribution in [0.2, 0.25) is 0 Å². The van der Waals surface area contributed by atoms with Crippen molar-refractivity contribution in [1.29, 1.82) is 0 Å². The van der Waals surface area contributed by atoms with E-state index < -0.39 is 0 Å². The fourth-order valence-corrected chi connectivity index (χ4v) is 2.57. The van der Waals surface area contributed by atoms with Crippen LogP contribution in [0.15, 0.2) is 22.8 Å². The zero-order valence-corrected chi connectivity index (χ0v) is 13.0. The highest BCUT2D eigenvalue weighted by Gasteiger charge is 2.31. The molecule has 0 aromatic rings. The maximum Gasteiger partial charge on any atom is 0.302 e. The smallest absolute Gasteiger partial charge is 0.302 e. The molecule has 0 saturated heterocycles. The van der Waals surface area contributed by atoms with Crippen LogP contribution in [0.4, 0.5) is 0 Å². The molecule has 0 heterocycles. The van der Waals surface area contributed by atoms with E-state index in [1.807, 2.05) is 13.8 Å². The third-order valence-corrected chi connectivity index (χ3v) is 3.45. The number of allylic oxidation sites excluding steroid dienone is 2. The summed E-state index contributed by atoms with van der Waals surface area (Å²) in [5, 5.41) is 9.84. The van der Waals surface area contributed by atoms with Crippen molar-refractivity contribution < 1.29 is 14.6 Å². The molecule has 1 atom stereocenters. The van der Waals surface area contributed by atoms with Crippen molar-refractivity contribution in [1.82, 2.24) is 0 Å². The normalized spacial score (nSPS) is 22.1. The predicted molar refractivity (Wildman–Crippen MR) is 79.9 cm³/mol. The zero-order chi connectivity index (χ0) is 15.3. The molecule has 0 radical (unpaired) electrons. The van der Waals surface area contributed by atoms with Crippen molar-refractivity contribution in [3.63, 3.8) is 0 Å². The molecule has 0 aromatic heterocycles. The van der Waals surface area contributed by atoms with Gasteiger partial charge in [-0.2, -0.15) is 0 Å². The molecule has 0 spiro atoms. The molecule has 0 bridgehead atoms. The van der Waals surface area contributed by atoms with Gasteiger partial charge in [-0.1, -0.05) is 31.3 Å². The largest absolute Gasteiger partial charge is 0.462 e. The first-order valence-corrected chi connectivity index (χ1v) is 6.93. The second-order valence-electron chi connectivity index (χ2n) is 6.04. The number of aliphatic hydroxyl groups is 1. The molecule has 0 aliphatic heterocycles. The molecule has 0 saturated carbocycles. The van der Waals surface area contributed by atoms with Gasteiger partial charge in [0.2, 0.25) is 0 Å². The number of hydrogen-bond acceptors (Lipinski definition) is 3. The molecule has 1 unspecified atom stereocenters. The van der Waals surface area contributed by atoms with E-state index in [1.165, 1.54) is 6.92 Å². The quantitative estimate of drug-likeness (QED) is 0.623. The van der Waals surface area contributed by atoms with Gasteiger partial charge in [0, 0.05) is 17.9 Å². The lowest BCUT2D eigenvalue weighted by Gasteiger charge is -2.34. The van der Waals surface area contributed by atoms with E-state index in [-0.39, 0.29) is 24.1 Å². The lowest BCUT2D eigenvalue weighted by molar-refractivity contribution is -0.139. The summed E-state index contributed by atoms with van der Waals surface area (Å²) in [6.45, 7) is 9.81. The summed E-state index contributed by atoms with van der Waals surface area (Å²) < 4.78 is 4.85. The van der Waals surface area contributed by atoms with Crippen LogP contribution in [0.3, 0.4) is 0 Å². The molecule has 1 N–H and O–H groups in total. The van der Waals surface area contributed by atoms with Crippen LogP contribution < -0.4 is 0 Å². The van der Waals surface area contributed by atoms with E-state index in [1.54, 1.807) is 6.08 Å². The van der Waals surface area contributed by atoms with E-state index in [4.69, 9.17) is 4.74 Å². The van der Waals surface area contributed by atoms with E-state index in [2.05, 4.69) is 25.7 Å². The summed E-state index contributed by atoms with van der Waals surface area (Å²) >= 11 is 0. The molecular weight excluding hydrogens is 252 g/mol. The standard InChI is InChI=1S/C17H24O3/c1-12(8-9-20-14(3)18)6-7-16-13(2)10-15(19)11-17(16,4)5/h8,15,19H,9-11H2,1-5H3. The second kappa shape index (κ2) is 6.76. The fourth-order valence-electron chi connectivity index (χ4n) is 2.57. The molecule has 110 valence electrons. The monoisotopic (exact) mass is 276 g/mol. The Morgan fingerprint density at radius 2 is 2.15 bits per heavy atom. The SMILES string of the molecule is CC(=O)OCC=C(C)C#CC1=C(C)CC(O)CC1(C)C. The van der Waals surface area contributed by atoms with Gasteiger partial charge in [0.15, 0.2) is 0 Å². The minimum Gasteiger partial charge on any atom is -0.462 e. The van der Waals surface area contributed by atoms with Gasteiger partial charge in [-0.3, -0.25) is 4.79 Å². The number of carbonyl (C=O) groups is 1. The number of hydrogen-bond donors (Lipinski definition) is 1. The van der Waals surface area contributed by atoms with Gasteiger partial charge in [-0.25, -0.2) is 0 Å². The van der Waals surface area contributed by atoms with E-state index in [0.29, 0.717) is 6.42 Å². The summed E-state index contributed by atoms with van der Waals surface area (Å²) in [4.78, 5) is 10.7. The third kappa shape index (κ3) is 4.86. The molecule has 3 heteroatoms. The maximum absolute atomic E-state index is 10.7. The minimum absolute atomic E-state index is 0.0923. The van der Waals surface area contributed by atoms with Crippen molar-refractivity contribution in [2.75, 3.05) is 6.61 Å². The number of ether oxygens (including phenoxy) is 1. The Bertz CT molecular complexity index is 498. The first-order valence-electron chi connectivity index (χ1n) is 6.93. The third-order valence-electron chi connectivity index (χ3n) is 3.45. The molecule has 1 aliphatic carbocycles. The lowest BCUT2D eigenvalue weighted by atomic mass is 9.72. The van der Waals surface area contributed by atoms with Crippen molar-refractivity contribution in [3.05, 3.63) is 22.8 Å². The van der Waals surface area contributed by atoms with E-state index in [0.717, 1.165) is 23.1 Å². The molecule has 3 nitrogen and oxygen atoms in total. The highest BCUT2D eigenvalue weighted by molar-refractivity contribution is 5.66. The maximum atomic E-state index is 10.7. The van der Waals surface area contributed by atoms with Gasteiger partial charge in [-0.15, -0.1) is 0 Å². The summed E-state index contributed by atoms with van der Waals surface area (Å²) in [6, 6.07) is 0. The average molecular weight is 276 g/mol. The molecule has 1 aliphatic rings. The van der Waals surface area contributed by atoms with E-state index >= 15 is 0 Å². The van der Waals surface area contributed by atoms with E-state index in [9.17, 15) is 9.90 Å². The summed E-state index contributed by atoms with van der Waals surface area (Å²) in [7, 11) is 0. The highest BCUT2D eigenvalue weighted by Crippen LogP contribution is 2.39. The fraction of sp³-hybridized carbons (Fsp3) is 0.588. The molecule has 0 amide bonds. The Labute approximate surface area is 121 Å². The van der Waals surface area contributed by atoms with Gasteiger partial charge in [0.05, 0.1) is 6.10 Å². The molecule has 0 fully saturated rings. The van der Waals surface area contributed by atoms with Gasteiger partial charge in [0.1, 0.15) is 6.61 Å². The molecule has 0 aromatic carbocycles. The Morgan fingerprint density at radius 3 is 2.70 bits per heavy atom. The van der Waals surface area contributed by atoms with Gasteiger partial charge in [0.25, 0.3) is 0 Å². The number of aliphatic hydroxyl groups excluding tert-OH is 1. The Balaban J connectivity index is 2.84. The van der Waals surface area contributed by atoms with Crippen LogP contribution >= 0.6 is 0 Å². The summed E-state index contributed by atoms with van der Waals surface area (Å²) in [5.41, 5.74) is 3.07. The lowest BCUT2D eigenvalue weighted by Crippen LogP contribution is -2.28. The number of esters is 1. The van der Waals surface area contributed by atoms with Gasteiger partial charge >= 0.3 is 5.97 Å². The van der Waals surface area contributed by atoms with Crippen LogP contribution in [0.25, 0.3) is 0 Å². The second-order valence-corrected chi connectivity index (χ2v) is 6.04. The van der Waals surface area contributed by atoms with Crippen LogP contribution in [-0.2, 0) is 9.53 Å². The van der Waals surface area contributed by atoms with Crippen LogP contribution in [0.1, 0.15) is 47.5 Å². The van der Waals surface area contributed by atoms with Crippen LogP contribution in [0.5, 0.6) is 0 Å². The Hall–Kier alpha value is -1.53. The topological polar surface area (TPSA) is 46.5 Å². The van der Waals surface area contributed by atoms with Gasteiger partial charge < -0.3 is 9.84 Å². The van der Waals surface area contributed by atoms with Crippen molar-refractivity contribution >= 4 is 5.97 Å². The van der Waals surface area contributed by atoms with Crippen molar-refractivity contribution in [2.45, 2.75) is 53.6 Å². The number of rotatable bonds is 2. The minimum atomic E-state index is -0.289. The van der Waals surface area contributed by atoms with Crippen LogP contribution in [0, 0.1) is 17.3 Å².